The van der Waals surface area contributed by atoms with Gasteiger partial charge in [-0.1, -0.05) is 12.8 Å². The van der Waals surface area contributed by atoms with Crippen LogP contribution < -0.4 is 0 Å². The molecule has 1 aliphatic carbocycles. The number of amides is 1. The first kappa shape index (κ1) is 13.5. The Bertz CT molecular complexity index is 464. The summed E-state index contributed by atoms with van der Waals surface area (Å²) in [7, 11) is 0. The van der Waals surface area contributed by atoms with Gasteiger partial charge in [0.05, 0.1) is 5.56 Å². The molecule has 1 aliphatic rings. The highest BCUT2D eigenvalue weighted by molar-refractivity contribution is 5.95. The van der Waals surface area contributed by atoms with Crippen molar-refractivity contribution in [3.05, 3.63) is 29.6 Å². The SMILES string of the molecule is CCN(C(=O)c1ccc(C(=O)O)nc1)C1CCCC1. The fourth-order valence-electron chi connectivity index (χ4n) is 2.60. The summed E-state index contributed by atoms with van der Waals surface area (Å²) in [5.41, 5.74) is 0.416. The van der Waals surface area contributed by atoms with E-state index in [1.807, 2.05) is 11.8 Å². The van der Waals surface area contributed by atoms with Gasteiger partial charge in [0.25, 0.3) is 5.91 Å². The molecule has 0 bridgehead atoms. The predicted molar refractivity (Wildman–Crippen MR) is 70.2 cm³/mol. The Labute approximate surface area is 112 Å². The number of hydrogen-bond donors (Lipinski definition) is 1. The highest BCUT2D eigenvalue weighted by Gasteiger charge is 2.26. The van der Waals surface area contributed by atoms with Crippen molar-refractivity contribution in [2.24, 2.45) is 0 Å². The molecule has 0 saturated heterocycles. The van der Waals surface area contributed by atoms with Gasteiger partial charge in [-0.2, -0.15) is 0 Å². The third-order valence-electron chi connectivity index (χ3n) is 3.60. The van der Waals surface area contributed by atoms with Gasteiger partial charge >= 0.3 is 5.97 Å². The Balaban J connectivity index is 2.14. The number of rotatable bonds is 4. The lowest BCUT2D eigenvalue weighted by Gasteiger charge is -2.27. The molecule has 0 aliphatic heterocycles. The molecule has 5 heteroatoms. The summed E-state index contributed by atoms with van der Waals surface area (Å²) in [6.07, 6.45) is 5.80. The number of hydrogen-bond acceptors (Lipinski definition) is 3. The Morgan fingerprint density at radius 1 is 1.37 bits per heavy atom. The molecular formula is C14H18N2O3. The second-order valence-corrected chi connectivity index (χ2v) is 4.77. The zero-order valence-corrected chi connectivity index (χ0v) is 11.0. The van der Waals surface area contributed by atoms with Crippen LogP contribution in [0.3, 0.4) is 0 Å². The molecule has 0 unspecified atom stereocenters. The molecule has 1 fully saturated rings. The summed E-state index contributed by atoms with van der Waals surface area (Å²) in [5.74, 6) is -1.14. The van der Waals surface area contributed by atoms with Gasteiger partial charge in [-0.25, -0.2) is 9.78 Å². The van der Waals surface area contributed by atoms with Crippen molar-refractivity contribution in [3.63, 3.8) is 0 Å². The van der Waals surface area contributed by atoms with Crippen LogP contribution in [0, 0.1) is 0 Å². The summed E-state index contributed by atoms with van der Waals surface area (Å²) >= 11 is 0. The van der Waals surface area contributed by atoms with Gasteiger partial charge in [0.15, 0.2) is 0 Å². The molecule has 1 heterocycles. The maximum atomic E-state index is 12.4. The summed E-state index contributed by atoms with van der Waals surface area (Å²) < 4.78 is 0. The molecule has 0 atom stereocenters. The minimum absolute atomic E-state index is 0.0412. The van der Waals surface area contributed by atoms with Crippen LogP contribution in [0.1, 0.15) is 53.5 Å². The molecule has 0 radical (unpaired) electrons. The number of aromatic carboxylic acids is 1. The highest BCUT2D eigenvalue weighted by Crippen LogP contribution is 2.24. The maximum Gasteiger partial charge on any atom is 0.354 e. The number of pyridine rings is 1. The Kier molecular flexibility index (Phi) is 4.14. The number of carboxylic acid groups (broad SMARTS) is 1. The van der Waals surface area contributed by atoms with Crippen LogP contribution in [0.5, 0.6) is 0 Å². The fourth-order valence-corrected chi connectivity index (χ4v) is 2.60. The van der Waals surface area contributed by atoms with Crippen molar-refractivity contribution in [3.8, 4) is 0 Å². The molecule has 19 heavy (non-hydrogen) atoms. The zero-order chi connectivity index (χ0) is 13.8. The van der Waals surface area contributed by atoms with E-state index in [0.717, 1.165) is 12.8 Å². The van der Waals surface area contributed by atoms with E-state index in [2.05, 4.69) is 4.98 Å². The van der Waals surface area contributed by atoms with Gasteiger partial charge < -0.3 is 10.0 Å². The minimum Gasteiger partial charge on any atom is -0.477 e. The minimum atomic E-state index is -1.08. The van der Waals surface area contributed by atoms with Crippen LogP contribution in [0.25, 0.3) is 0 Å². The van der Waals surface area contributed by atoms with E-state index in [-0.39, 0.29) is 11.6 Å². The van der Waals surface area contributed by atoms with Crippen LogP contribution in [0.15, 0.2) is 18.3 Å². The van der Waals surface area contributed by atoms with Gasteiger partial charge in [0.2, 0.25) is 0 Å². The maximum absolute atomic E-state index is 12.4. The molecule has 1 aromatic heterocycles. The lowest BCUT2D eigenvalue weighted by Crippen LogP contribution is -2.38. The van der Waals surface area contributed by atoms with Gasteiger partial charge in [0.1, 0.15) is 5.69 Å². The second kappa shape index (κ2) is 5.82. The Morgan fingerprint density at radius 3 is 2.53 bits per heavy atom. The molecular weight excluding hydrogens is 244 g/mol. The second-order valence-electron chi connectivity index (χ2n) is 4.77. The van der Waals surface area contributed by atoms with Crippen LogP contribution in [-0.2, 0) is 0 Å². The van der Waals surface area contributed by atoms with Gasteiger partial charge in [0, 0.05) is 18.8 Å². The van der Waals surface area contributed by atoms with E-state index in [9.17, 15) is 9.59 Å². The molecule has 5 nitrogen and oxygen atoms in total. The third-order valence-corrected chi connectivity index (χ3v) is 3.60. The van der Waals surface area contributed by atoms with Crippen molar-refractivity contribution >= 4 is 11.9 Å². The van der Waals surface area contributed by atoms with E-state index in [1.165, 1.54) is 31.2 Å². The normalized spacial score (nSPS) is 15.4. The summed E-state index contributed by atoms with van der Waals surface area (Å²) in [6.45, 7) is 2.64. The Morgan fingerprint density at radius 2 is 2.05 bits per heavy atom. The highest BCUT2D eigenvalue weighted by atomic mass is 16.4. The number of carbonyl (C=O) groups excluding carboxylic acids is 1. The zero-order valence-electron chi connectivity index (χ0n) is 11.0. The fraction of sp³-hybridized carbons (Fsp3) is 0.500. The summed E-state index contributed by atoms with van der Waals surface area (Å²) in [6, 6.07) is 3.23. The molecule has 1 saturated carbocycles. The first-order valence-electron chi connectivity index (χ1n) is 6.63. The van der Waals surface area contributed by atoms with Crippen LogP contribution >= 0.6 is 0 Å². The van der Waals surface area contributed by atoms with Gasteiger partial charge in [-0.05, 0) is 31.9 Å². The molecule has 1 amide bonds. The first-order valence-corrected chi connectivity index (χ1v) is 6.63. The standard InChI is InChI=1S/C14H18N2O3/c1-2-16(11-5-3-4-6-11)13(17)10-7-8-12(14(18)19)15-9-10/h7-9,11H,2-6H2,1H3,(H,18,19). The monoisotopic (exact) mass is 262 g/mol. The van der Waals surface area contributed by atoms with Crippen LogP contribution in [0.2, 0.25) is 0 Å². The lowest BCUT2D eigenvalue weighted by molar-refractivity contribution is 0.0676. The van der Waals surface area contributed by atoms with Gasteiger partial charge in [-0.15, -0.1) is 0 Å². The van der Waals surface area contributed by atoms with E-state index in [4.69, 9.17) is 5.11 Å². The van der Waals surface area contributed by atoms with Crippen LogP contribution in [-0.4, -0.2) is 39.5 Å². The van der Waals surface area contributed by atoms with Crippen molar-refractivity contribution in [2.45, 2.75) is 38.6 Å². The van der Waals surface area contributed by atoms with E-state index in [1.54, 1.807) is 0 Å². The van der Waals surface area contributed by atoms with Gasteiger partial charge in [-0.3, -0.25) is 4.79 Å². The molecule has 102 valence electrons. The lowest BCUT2D eigenvalue weighted by atomic mass is 10.1. The molecule has 1 N–H and O–H groups in total. The average Bonchev–Trinajstić information content (AvgIpc) is 2.93. The van der Waals surface area contributed by atoms with E-state index < -0.39 is 5.97 Å². The Hall–Kier alpha value is -1.91. The molecule has 0 aromatic carbocycles. The summed E-state index contributed by atoms with van der Waals surface area (Å²) in [4.78, 5) is 28.8. The number of carboxylic acids is 1. The number of aromatic nitrogens is 1. The summed E-state index contributed by atoms with van der Waals surface area (Å²) in [5, 5.41) is 8.78. The topological polar surface area (TPSA) is 70.5 Å². The predicted octanol–water partition coefficient (Wildman–Crippen LogP) is 2.18. The quantitative estimate of drug-likeness (QED) is 0.902. The van der Waals surface area contributed by atoms with E-state index in [0.29, 0.717) is 18.2 Å². The average molecular weight is 262 g/mol. The van der Waals surface area contributed by atoms with Crippen molar-refractivity contribution in [1.29, 1.82) is 0 Å². The number of nitrogens with zero attached hydrogens (tertiary/aromatic N) is 2. The van der Waals surface area contributed by atoms with Crippen molar-refractivity contribution in [2.75, 3.05) is 6.54 Å². The first-order chi connectivity index (χ1) is 9.13. The van der Waals surface area contributed by atoms with E-state index >= 15 is 0 Å². The smallest absolute Gasteiger partial charge is 0.354 e. The van der Waals surface area contributed by atoms with Crippen molar-refractivity contribution in [1.82, 2.24) is 9.88 Å². The third kappa shape index (κ3) is 2.92. The van der Waals surface area contributed by atoms with Crippen molar-refractivity contribution < 1.29 is 14.7 Å². The largest absolute Gasteiger partial charge is 0.477 e. The molecule has 1 aromatic rings. The number of carbonyl (C=O) groups is 2. The van der Waals surface area contributed by atoms with Crippen LogP contribution in [0.4, 0.5) is 0 Å². The molecule has 0 spiro atoms. The molecule has 2 rings (SSSR count).